The third-order valence-corrected chi connectivity index (χ3v) is 3.22. The van der Waals surface area contributed by atoms with Crippen LogP contribution in [0.15, 0.2) is 29.8 Å². The van der Waals surface area contributed by atoms with Crippen LogP contribution in [0, 0.1) is 0 Å². The normalized spacial score (nSPS) is 11.9. The second-order valence-electron chi connectivity index (χ2n) is 3.38. The number of hydrogen-bond acceptors (Lipinski definition) is 4. The summed E-state index contributed by atoms with van der Waals surface area (Å²) < 4.78 is 6.75. The average molecular weight is 283 g/mol. The van der Waals surface area contributed by atoms with Gasteiger partial charge in [-0.1, -0.05) is 23.8 Å². The lowest BCUT2D eigenvalue weighted by atomic mass is 10.4. The van der Waals surface area contributed by atoms with Crippen LogP contribution < -0.4 is 0 Å². The van der Waals surface area contributed by atoms with Crippen LogP contribution in [0.1, 0.15) is 12.6 Å². The number of nitrogens with zero attached hydrogens (tertiary/aromatic N) is 2. The van der Waals surface area contributed by atoms with Crippen molar-refractivity contribution in [2.75, 3.05) is 6.61 Å². The van der Waals surface area contributed by atoms with Crippen molar-refractivity contribution < 1.29 is 9.53 Å². The molecule has 0 atom stereocenters. The van der Waals surface area contributed by atoms with Crippen molar-refractivity contribution in [3.8, 4) is 0 Å². The first-order valence-electron chi connectivity index (χ1n) is 5.29. The summed E-state index contributed by atoms with van der Waals surface area (Å²) in [7, 11) is 0. The maximum atomic E-state index is 11.4. The number of thiazole rings is 1. The van der Waals surface area contributed by atoms with Crippen molar-refractivity contribution in [2.24, 2.45) is 0 Å². The number of imidazole rings is 1. The molecule has 0 radical (unpaired) electrons. The average Bonchev–Trinajstić information content (AvgIpc) is 2.88. The Morgan fingerprint density at radius 2 is 2.50 bits per heavy atom. The molecule has 0 aliphatic heterocycles. The molecule has 2 aromatic heterocycles. The topological polar surface area (TPSA) is 43.6 Å². The number of aromatic nitrogens is 2. The quantitative estimate of drug-likeness (QED) is 0.491. The third kappa shape index (κ3) is 2.80. The zero-order valence-electron chi connectivity index (χ0n) is 9.67. The highest BCUT2D eigenvalue weighted by atomic mass is 35.5. The Bertz CT molecular complexity index is 613. The summed E-state index contributed by atoms with van der Waals surface area (Å²) in [5.41, 5.74) is 0.677. The summed E-state index contributed by atoms with van der Waals surface area (Å²) >= 11 is 7.46. The number of allylic oxidation sites excluding steroid dienone is 1. The lowest BCUT2D eigenvalue weighted by Crippen LogP contribution is -2.00. The summed E-state index contributed by atoms with van der Waals surface area (Å²) in [5.74, 6) is -0.408. The van der Waals surface area contributed by atoms with Gasteiger partial charge in [0.25, 0.3) is 0 Å². The van der Waals surface area contributed by atoms with E-state index < -0.39 is 5.97 Å². The Hall–Kier alpha value is -1.59. The van der Waals surface area contributed by atoms with E-state index in [2.05, 4.69) is 4.98 Å². The van der Waals surface area contributed by atoms with Gasteiger partial charge in [0, 0.05) is 17.7 Å². The minimum atomic E-state index is -0.408. The first-order chi connectivity index (χ1) is 8.72. The zero-order chi connectivity index (χ0) is 13.0. The Morgan fingerprint density at radius 3 is 3.28 bits per heavy atom. The molecule has 0 saturated heterocycles. The highest BCUT2D eigenvalue weighted by Crippen LogP contribution is 2.22. The fourth-order valence-electron chi connectivity index (χ4n) is 1.35. The van der Waals surface area contributed by atoms with Gasteiger partial charge < -0.3 is 4.74 Å². The SMILES string of the molecule is C/C=C/COC(=O)/C=C/c1c(Cl)nc2sccn12. The molecule has 0 fully saturated rings. The molecule has 2 aromatic rings. The highest BCUT2D eigenvalue weighted by Gasteiger charge is 2.08. The van der Waals surface area contributed by atoms with Gasteiger partial charge in [-0.2, -0.15) is 0 Å². The van der Waals surface area contributed by atoms with E-state index in [9.17, 15) is 4.79 Å². The van der Waals surface area contributed by atoms with Crippen molar-refractivity contribution in [2.45, 2.75) is 6.92 Å². The van der Waals surface area contributed by atoms with Crippen LogP contribution in [0.3, 0.4) is 0 Å². The molecule has 0 aliphatic rings. The maximum Gasteiger partial charge on any atom is 0.331 e. The van der Waals surface area contributed by atoms with Crippen LogP contribution in [0.2, 0.25) is 5.15 Å². The van der Waals surface area contributed by atoms with Gasteiger partial charge in [0.1, 0.15) is 6.61 Å². The molecule has 0 bridgehead atoms. The molecule has 0 aliphatic carbocycles. The van der Waals surface area contributed by atoms with Crippen molar-refractivity contribution in [1.82, 2.24) is 9.38 Å². The molecule has 0 N–H and O–H groups in total. The molecule has 2 rings (SSSR count). The van der Waals surface area contributed by atoms with Gasteiger partial charge in [-0.25, -0.2) is 9.78 Å². The predicted molar refractivity (Wildman–Crippen MR) is 72.9 cm³/mol. The summed E-state index contributed by atoms with van der Waals surface area (Å²) in [5, 5.41) is 2.28. The van der Waals surface area contributed by atoms with Gasteiger partial charge in [0.15, 0.2) is 10.1 Å². The maximum absolute atomic E-state index is 11.4. The fourth-order valence-corrected chi connectivity index (χ4v) is 2.35. The van der Waals surface area contributed by atoms with Gasteiger partial charge in [-0.05, 0) is 13.0 Å². The predicted octanol–water partition coefficient (Wildman–Crippen LogP) is 3.18. The molecule has 0 amide bonds. The Kier molecular flexibility index (Phi) is 4.17. The molecule has 4 nitrogen and oxygen atoms in total. The van der Waals surface area contributed by atoms with Crippen LogP contribution in [0.5, 0.6) is 0 Å². The first kappa shape index (κ1) is 12.9. The molecule has 94 valence electrons. The summed E-state index contributed by atoms with van der Waals surface area (Å²) in [6.45, 7) is 2.14. The largest absolute Gasteiger partial charge is 0.458 e. The smallest absolute Gasteiger partial charge is 0.331 e. The van der Waals surface area contributed by atoms with E-state index in [1.165, 1.54) is 17.4 Å². The lowest BCUT2D eigenvalue weighted by molar-refractivity contribution is -0.136. The van der Waals surface area contributed by atoms with Crippen LogP contribution in [-0.4, -0.2) is 22.0 Å². The van der Waals surface area contributed by atoms with E-state index in [0.717, 1.165) is 4.96 Å². The van der Waals surface area contributed by atoms with Crippen molar-refractivity contribution in [3.05, 3.63) is 40.7 Å². The van der Waals surface area contributed by atoms with E-state index in [-0.39, 0.29) is 6.61 Å². The zero-order valence-corrected chi connectivity index (χ0v) is 11.2. The van der Waals surface area contributed by atoms with Crippen molar-refractivity contribution in [1.29, 1.82) is 0 Å². The summed E-state index contributed by atoms with van der Waals surface area (Å²) in [4.78, 5) is 16.3. The molecule has 0 spiro atoms. The number of hydrogen-bond donors (Lipinski definition) is 0. The first-order valence-corrected chi connectivity index (χ1v) is 6.55. The van der Waals surface area contributed by atoms with E-state index in [1.807, 2.05) is 29.0 Å². The van der Waals surface area contributed by atoms with Gasteiger partial charge in [0.05, 0.1) is 5.69 Å². The third-order valence-electron chi connectivity index (χ3n) is 2.19. The number of carbonyl (C=O) groups excluding carboxylic acids is 1. The van der Waals surface area contributed by atoms with Crippen LogP contribution in [0.25, 0.3) is 11.0 Å². The Labute approximate surface area is 113 Å². The molecule has 0 aromatic carbocycles. The van der Waals surface area contributed by atoms with Crippen LogP contribution >= 0.6 is 22.9 Å². The van der Waals surface area contributed by atoms with Gasteiger partial charge in [0.2, 0.25) is 0 Å². The number of halogens is 1. The lowest BCUT2D eigenvalue weighted by Gasteiger charge is -1.96. The van der Waals surface area contributed by atoms with E-state index in [4.69, 9.17) is 16.3 Å². The second kappa shape index (κ2) is 5.84. The molecule has 2 heterocycles. The number of rotatable bonds is 4. The molecule has 0 saturated carbocycles. The van der Waals surface area contributed by atoms with Gasteiger partial charge in [-0.15, -0.1) is 11.3 Å². The molecular formula is C12H11ClN2O2S. The van der Waals surface area contributed by atoms with Gasteiger partial charge >= 0.3 is 5.97 Å². The molecular weight excluding hydrogens is 272 g/mol. The molecule has 6 heteroatoms. The van der Waals surface area contributed by atoms with E-state index in [0.29, 0.717) is 10.8 Å². The Morgan fingerprint density at radius 1 is 1.67 bits per heavy atom. The number of carbonyl (C=O) groups is 1. The standard InChI is InChI=1S/C12H11ClN2O2S/c1-2-3-7-17-10(16)5-4-9-11(13)14-12-15(9)6-8-18-12/h2-6,8H,7H2,1H3/b3-2+,5-4+. The fraction of sp³-hybridized carbons (Fsp3) is 0.167. The van der Waals surface area contributed by atoms with Crippen molar-refractivity contribution >= 4 is 39.9 Å². The molecule has 18 heavy (non-hydrogen) atoms. The summed E-state index contributed by atoms with van der Waals surface area (Å²) in [6, 6.07) is 0. The Balaban J connectivity index is 2.10. The second-order valence-corrected chi connectivity index (χ2v) is 4.61. The van der Waals surface area contributed by atoms with Crippen LogP contribution in [0.4, 0.5) is 0 Å². The molecule has 0 unspecified atom stereocenters. The van der Waals surface area contributed by atoms with Crippen LogP contribution in [-0.2, 0) is 9.53 Å². The van der Waals surface area contributed by atoms with E-state index in [1.54, 1.807) is 12.2 Å². The number of esters is 1. The van der Waals surface area contributed by atoms with Gasteiger partial charge in [-0.3, -0.25) is 4.40 Å². The minimum Gasteiger partial charge on any atom is -0.458 e. The van der Waals surface area contributed by atoms with Crippen molar-refractivity contribution in [3.63, 3.8) is 0 Å². The van der Waals surface area contributed by atoms with E-state index >= 15 is 0 Å². The number of fused-ring (bicyclic) bond motifs is 1. The highest BCUT2D eigenvalue weighted by molar-refractivity contribution is 7.15. The monoisotopic (exact) mass is 282 g/mol. The minimum absolute atomic E-state index is 0.272. The number of ether oxygens (including phenoxy) is 1. The summed E-state index contributed by atoms with van der Waals surface area (Å²) in [6.07, 6.45) is 8.38.